The number of nitrogens with zero attached hydrogens (tertiary/aromatic N) is 3. The quantitative estimate of drug-likeness (QED) is 0.822. The van der Waals surface area contributed by atoms with E-state index in [1.54, 1.807) is 0 Å². The van der Waals surface area contributed by atoms with Crippen molar-refractivity contribution in [2.45, 2.75) is 19.0 Å². The summed E-state index contributed by atoms with van der Waals surface area (Å²) in [5, 5.41) is 0. The molecule has 0 radical (unpaired) electrons. The molecule has 0 spiro atoms. The molecule has 5 nitrogen and oxygen atoms in total. The third-order valence-electron chi connectivity index (χ3n) is 3.94. The maximum absolute atomic E-state index is 12.9. The average molecular weight is 345 g/mol. The van der Waals surface area contributed by atoms with Gasteiger partial charge in [-0.25, -0.2) is 4.98 Å². The van der Waals surface area contributed by atoms with Gasteiger partial charge in [0.25, 0.3) is 5.91 Å². The third kappa shape index (κ3) is 5.09. The summed E-state index contributed by atoms with van der Waals surface area (Å²) in [4.78, 5) is 19.7. The van der Waals surface area contributed by atoms with E-state index in [9.17, 15) is 18.0 Å². The third-order valence-corrected chi connectivity index (χ3v) is 3.94. The standard InChI is InChI=1S/C16H22F3N3O2/c1-21(2)8-9-24-14-10-12(5-6-20-14)15(23)22-7-3-4-13(11-22)16(17,18)19/h5-6,10,13H,3-4,7-9,11H2,1-2H3/t13-/m0/s1. The van der Waals surface area contributed by atoms with Crippen molar-refractivity contribution in [2.24, 2.45) is 5.92 Å². The lowest BCUT2D eigenvalue weighted by Crippen LogP contribution is -2.44. The maximum atomic E-state index is 12.9. The molecular weight excluding hydrogens is 323 g/mol. The number of hydrogen-bond donors (Lipinski definition) is 0. The van der Waals surface area contributed by atoms with Crippen LogP contribution in [0.2, 0.25) is 0 Å². The Kier molecular flexibility index (Phi) is 6.04. The molecule has 1 aliphatic heterocycles. The molecule has 1 atom stereocenters. The van der Waals surface area contributed by atoms with E-state index in [4.69, 9.17) is 4.74 Å². The average Bonchev–Trinajstić information content (AvgIpc) is 2.53. The number of likely N-dealkylation sites (N-methyl/N-ethyl adjacent to an activating group) is 1. The minimum Gasteiger partial charge on any atom is -0.476 e. The fourth-order valence-electron chi connectivity index (χ4n) is 2.57. The molecule has 0 bridgehead atoms. The largest absolute Gasteiger partial charge is 0.476 e. The van der Waals surface area contributed by atoms with Gasteiger partial charge >= 0.3 is 6.18 Å². The first-order valence-electron chi connectivity index (χ1n) is 7.87. The Bertz CT molecular complexity index is 564. The molecule has 0 unspecified atom stereocenters. The highest BCUT2D eigenvalue weighted by molar-refractivity contribution is 5.94. The summed E-state index contributed by atoms with van der Waals surface area (Å²) in [5.74, 6) is -1.57. The minimum absolute atomic E-state index is 0.0719. The van der Waals surface area contributed by atoms with Crippen molar-refractivity contribution < 1.29 is 22.7 Å². The molecule has 0 aromatic carbocycles. The number of piperidine rings is 1. The van der Waals surface area contributed by atoms with E-state index in [1.807, 2.05) is 19.0 Å². The van der Waals surface area contributed by atoms with E-state index in [-0.39, 0.29) is 13.0 Å². The van der Waals surface area contributed by atoms with Gasteiger partial charge in [0.1, 0.15) is 6.61 Å². The minimum atomic E-state index is -4.27. The number of carbonyl (C=O) groups is 1. The normalized spacial score (nSPS) is 18.8. The van der Waals surface area contributed by atoms with E-state index in [2.05, 4.69) is 4.98 Å². The zero-order valence-corrected chi connectivity index (χ0v) is 13.8. The first-order valence-corrected chi connectivity index (χ1v) is 7.87. The predicted molar refractivity (Wildman–Crippen MR) is 83.0 cm³/mol. The number of halogens is 3. The van der Waals surface area contributed by atoms with Gasteiger partial charge in [0.15, 0.2) is 0 Å². The Balaban J connectivity index is 2.01. The van der Waals surface area contributed by atoms with Gasteiger partial charge in [0, 0.05) is 37.5 Å². The summed E-state index contributed by atoms with van der Waals surface area (Å²) in [7, 11) is 3.81. The molecule has 1 aromatic heterocycles. The summed E-state index contributed by atoms with van der Waals surface area (Å²) in [5.41, 5.74) is 0.299. The van der Waals surface area contributed by atoms with Crippen molar-refractivity contribution in [1.82, 2.24) is 14.8 Å². The Morgan fingerprint density at radius 3 is 2.88 bits per heavy atom. The highest BCUT2D eigenvalue weighted by Gasteiger charge is 2.42. The van der Waals surface area contributed by atoms with Crippen LogP contribution in [0.15, 0.2) is 18.3 Å². The Labute approximate surface area is 139 Å². The lowest BCUT2D eigenvalue weighted by molar-refractivity contribution is -0.184. The van der Waals surface area contributed by atoms with Crippen LogP contribution in [-0.2, 0) is 0 Å². The smallest absolute Gasteiger partial charge is 0.393 e. The molecule has 1 aromatic rings. The fourth-order valence-corrected chi connectivity index (χ4v) is 2.57. The summed E-state index contributed by atoms with van der Waals surface area (Å²) < 4.78 is 44.1. The van der Waals surface area contributed by atoms with Crippen molar-refractivity contribution in [3.05, 3.63) is 23.9 Å². The monoisotopic (exact) mass is 345 g/mol. The van der Waals surface area contributed by atoms with Crippen molar-refractivity contribution in [3.8, 4) is 5.88 Å². The van der Waals surface area contributed by atoms with Crippen LogP contribution < -0.4 is 4.74 Å². The lowest BCUT2D eigenvalue weighted by atomic mass is 9.97. The molecule has 2 rings (SSSR count). The van der Waals surface area contributed by atoms with Crippen molar-refractivity contribution >= 4 is 5.91 Å². The van der Waals surface area contributed by atoms with Crippen LogP contribution >= 0.6 is 0 Å². The molecule has 1 fully saturated rings. The molecule has 0 aliphatic carbocycles. The predicted octanol–water partition coefficient (Wildman–Crippen LogP) is 2.44. The van der Waals surface area contributed by atoms with Gasteiger partial charge < -0.3 is 14.5 Å². The molecule has 1 amide bonds. The number of carbonyl (C=O) groups excluding carboxylic acids is 1. The lowest BCUT2D eigenvalue weighted by Gasteiger charge is -2.33. The number of hydrogen-bond acceptors (Lipinski definition) is 4. The van der Waals surface area contributed by atoms with Crippen LogP contribution in [0.4, 0.5) is 13.2 Å². The fraction of sp³-hybridized carbons (Fsp3) is 0.625. The van der Waals surface area contributed by atoms with E-state index < -0.39 is 18.0 Å². The van der Waals surface area contributed by atoms with E-state index in [1.165, 1.54) is 23.2 Å². The summed E-state index contributed by atoms with van der Waals surface area (Å²) >= 11 is 0. The first kappa shape index (κ1) is 18.5. The number of pyridine rings is 1. The van der Waals surface area contributed by atoms with E-state index in [0.29, 0.717) is 37.6 Å². The van der Waals surface area contributed by atoms with Crippen LogP contribution in [-0.4, -0.2) is 67.2 Å². The molecule has 2 heterocycles. The SMILES string of the molecule is CN(C)CCOc1cc(C(=O)N2CCC[C@H](C(F)(F)F)C2)ccn1. The molecule has 1 aliphatic rings. The van der Waals surface area contributed by atoms with Gasteiger partial charge in [-0.1, -0.05) is 0 Å². The van der Waals surface area contributed by atoms with E-state index >= 15 is 0 Å². The van der Waals surface area contributed by atoms with Gasteiger partial charge in [-0.3, -0.25) is 4.79 Å². The Hall–Kier alpha value is -1.83. The first-order chi connectivity index (χ1) is 11.3. The molecule has 0 saturated carbocycles. The highest BCUT2D eigenvalue weighted by atomic mass is 19.4. The number of ether oxygens (including phenoxy) is 1. The van der Waals surface area contributed by atoms with E-state index in [0.717, 1.165) is 0 Å². The highest BCUT2D eigenvalue weighted by Crippen LogP contribution is 2.33. The molecule has 24 heavy (non-hydrogen) atoms. The number of likely N-dealkylation sites (tertiary alicyclic amines) is 1. The second-order valence-electron chi connectivity index (χ2n) is 6.17. The Morgan fingerprint density at radius 1 is 1.46 bits per heavy atom. The van der Waals surface area contributed by atoms with Crippen LogP contribution in [0.3, 0.4) is 0 Å². The zero-order valence-electron chi connectivity index (χ0n) is 13.8. The molecular formula is C16H22F3N3O2. The maximum Gasteiger partial charge on any atom is 0.393 e. The van der Waals surface area contributed by atoms with Gasteiger partial charge in [-0.15, -0.1) is 0 Å². The van der Waals surface area contributed by atoms with Crippen LogP contribution in [0.1, 0.15) is 23.2 Å². The van der Waals surface area contributed by atoms with Gasteiger partial charge in [-0.2, -0.15) is 13.2 Å². The van der Waals surface area contributed by atoms with Crippen molar-refractivity contribution in [2.75, 3.05) is 40.3 Å². The Morgan fingerprint density at radius 2 is 2.21 bits per heavy atom. The van der Waals surface area contributed by atoms with Gasteiger partial charge in [-0.05, 0) is 33.0 Å². The second-order valence-corrected chi connectivity index (χ2v) is 6.17. The van der Waals surface area contributed by atoms with Crippen LogP contribution in [0, 0.1) is 5.92 Å². The number of alkyl halides is 3. The summed E-state index contributed by atoms with van der Waals surface area (Å²) in [6, 6.07) is 2.98. The molecule has 0 N–H and O–H groups in total. The number of amides is 1. The van der Waals surface area contributed by atoms with Gasteiger partial charge in [0.2, 0.25) is 5.88 Å². The number of rotatable bonds is 5. The van der Waals surface area contributed by atoms with Crippen LogP contribution in [0.25, 0.3) is 0 Å². The van der Waals surface area contributed by atoms with Crippen molar-refractivity contribution in [1.29, 1.82) is 0 Å². The summed E-state index contributed by atoms with van der Waals surface area (Å²) in [6.07, 6.45) is -2.41. The number of aromatic nitrogens is 1. The van der Waals surface area contributed by atoms with Crippen LogP contribution in [0.5, 0.6) is 5.88 Å². The topological polar surface area (TPSA) is 45.7 Å². The molecule has 8 heteroatoms. The molecule has 134 valence electrons. The van der Waals surface area contributed by atoms with Gasteiger partial charge in [0.05, 0.1) is 5.92 Å². The zero-order chi connectivity index (χ0) is 17.7. The van der Waals surface area contributed by atoms with Crippen molar-refractivity contribution in [3.63, 3.8) is 0 Å². The second kappa shape index (κ2) is 7.83. The molecule has 1 saturated heterocycles. The summed E-state index contributed by atoms with van der Waals surface area (Å²) in [6.45, 7) is 1.16.